The van der Waals surface area contributed by atoms with Crippen LogP contribution in [0.25, 0.3) is 5.69 Å². The van der Waals surface area contributed by atoms with Gasteiger partial charge in [0.05, 0.1) is 6.61 Å². The molecule has 158 valence electrons. The Labute approximate surface area is 177 Å². The van der Waals surface area contributed by atoms with Gasteiger partial charge in [0, 0.05) is 29.5 Å². The fraction of sp³-hybridized carbons (Fsp3) is 0.417. The van der Waals surface area contributed by atoms with Gasteiger partial charge >= 0.3 is 5.97 Å². The van der Waals surface area contributed by atoms with E-state index in [-0.39, 0.29) is 11.6 Å². The first-order chi connectivity index (χ1) is 14.6. The lowest BCUT2D eigenvalue weighted by molar-refractivity contribution is 0.0519. The minimum atomic E-state index is -0.418. The fourth-order valence-corrected chi connectivity index (χ4v) is 4.32. The van der Waals surface area contributed by atoms with Gasteiger partial charge in [-0.05, 0) is 70.5 Å². The lowest BCUT2D eigenvalue weighted by Gasteiger charge is -2.30. The molecule has 3 heterocycles. The van der Waals surface area contributed by atoms with Crippen LogP contribution in [0.1, 0.15) is 59.0 Å². The van der Waals surface area contributed by atoms with Gasteiger partial charge in [0.2, 0.25) is 0 Å². The molecule has 2 aromatic heterocycles. The van der Waals surface area contributed by atoms with Crippen molar-refractivity contribution >= 4 is 5.97 Å². The maximum absolute atomic E-state index is 11.8. The van der Waals surface area contributed by atoms with Crippen LogP contribution in [0.5, 0.6) is 0 Å². The zero-order valence-corrected chi connectivity index (χ0v) is 17.9. The fourth-order valence-electron chi connectivity index (χ4n) is 4.32. The second kappa shape index (κ2) is 8.88. The predicted octanol–water partition coefficient (Wildman–Crippen LogP) is 4.64. The summed E-state index contributed by atoms with van der Waals surface area (Å²) in [4.78, 5) is 18.7. The number of para-hydroxylation sites is 1. The molecule has 0 atom stereocenters. The Morgan fingerprint density at radius 3 is 2.63 bits per heavy atom. The molecule has 0 radical (unpaired) electrons. The van der Waals surface area contributed by atoms with Crippen LogP contribution in [0.15, 0.2) is 47.1 Å². The molecule has 30 heavy (non-hydrogen) atoms. The van der Waals surface area contributed by atoms with Crippen LogP contribution in [-0.4, -0.2) is 40.1 Å². The van der Waals surface area contributed by atoms with Gasteiger partial charge in [-0.1, -0.05) is 18.2 Å². The Morgan fingerprint density at radius 1 is 1.20 bits per heavy atom. The molecule has 3 aromatic rings. The second-order valence-electron chi connectivity index (χ2n) is 7.91. The van der Waals surface area contributed by atoms with Crippen molar-refractivity contribution in [2.45, 2.75) is 46.1 Å². The number of benzene rings is 1. The van der Waals surface area contributed by atoms with Crippen molar-refractivity contribution < 1.29 is 13.9 Å². The number of carbonyl (C=O) groups excluding carboxylic acids is 1. The van der Waals surface area contributed by atoms with Crippen LogP contribution in [0.4, 0.5) is 0 Å². The minimum absolute atomic E-state index is 0.251. The zero-order valence-electron chi connectivity index (χ0n) is 17.9. The van der Waals surface area contributed by atoms with Gasteiger partial charge < -0.3 is 13.7 Å². The van der Waals surface area contributed by atoms with Crippen molar-refractivity contribution in [3.63, 3.8) is 0 Å². The summed E-state index contributed by atoms with van der Waals surface area (Å²) in [7, 11) is 0. The monoisotopic (exact) mass is 407 g/mol. The van der Waals surface area contributed by atoms with Gasteiger partial charge in [-0.15, -0.1) is 0 Å². The maximum atomic E-state index is 11.8. The Hall–Kier alpha value is -2.86. The average Bonchev–Trinajstić information content (AvgIpc) is 3.35. The maximum Gasteiger partial charge on any atom is 0.360 e. The Morgan fingerprint density at radius 2 is 1.93 bits per heavy atom. The number of rotatable bonds is 6. The Balaban J connectivity index is 1.38. The predicted molar refractivity (Wildman–Crippen MR) is 115 cm³/mol. The quantitative estimate of drug-likeness (QED) is 0.557. The standard InChI is InChI=1S/C24H29N3O3/c1-4-29-24(28)22-16-30-23(25-22)19-10-12-26(13-11-19)15-20-14-17(2)27(18(20)3)21-8-6-5-7-9-21/h5-9,14,16,19H,4,10-13,15H2,1-3H3. The third-order valence-corrected chi connectivity index (χ3v) is 5.89. The number of oxazole rings is 1. The molecular formula is C24H29N3O3. The summed E-state index contributed by atoms with van der Waals surface area (Å²) in [6.07, 6.45) is 3.36. The van der Waals surface area contributed by atoms with E-state index in [0.29, 0.717) is 12.5 Å². The lowest BCUT2D eigenvalue weighted by Crippen LogP contribution is -2.32. The van der Waals surface area contributed by atoms with Crippen molar-refractivity contribution in [2.24, 2.45) is 0 Å². The van der Waals surface area contributed by atoms with E-state index >= 15 is 0 Å². The number of carbonyl (C=O) groups is 1. The molecule has 0 bridgehead atoms. The second-order valence-corrected chi connectivity index (χ2v) is 7.91. The van der Waals surface area contributed by atoms with Crippen LogP contribution in [0.3, 0.4) is 0 Å². The summed E-state index contributed by atoms with van der Waals surface area (Å²) in [5.74, 6) is 0.486. The average molecular weight is 408 g/mol. The van der Waals surface area contributed by atoms with E-state index in [4.69, 9.17) is 9.15 Å². The number of aromatic nitrogens is 2. The zero-order chi connectivity index (χ0) is 21.1. The summed E-state index contributed by atoms with van der Waals surface area (Å²) in [6.45, 7) is 9.40. The highest BCUT2D eigenvalue weighted by Crippen LogP contribution is 2.29. The molecule has 0 aliphatic carbocycles. The van der Waals surface area contributed by atoms with Crippen molar-refractivity contribution in [1.82, 2.24) is 14.5 Å². The van der Waals surface area contributed by atoms with E-state index in [1.54, 1.807) is 6.92 Å². The van der Waals surface area contributed by atoms with E-state index in [9.17, 15) is 4.79 Å². The largest absolute Gasteiger partial charge is 0.461 e. The van der Waals surface area contributed by atoms with Crippen molar-refractivity contribution in [3.8, 4) is 5.69 Å². The van der Waals surface area contributed by atoms with Crippen molar-refractivity contribution in [3.05, 3.63) is 71.2 Å². The molecule has 0 amide bonds. The van der Waals surface area contributed by atoms with Crippen LogP contribution >= 0.6 is 0 Å². The molecule has 1 aliphatic heterocycles. The molecule has 1 fully saturated rings. The topological polar surface area (TPSA) is 60.5 Å². The molecule has 6 heteroatoms. The number of hydrogen-bond donors (Lipinski definition) is 0. The van der Waals surface area contributed by atoms with Crippen LogP contribution in [-0.2, 0) is 11.3 Å². The highest BCUT2D eigenvalue weighted by molar-refractivity contribution is 5.86. The van der Waals surface area contributed by atoms with Gasteiger partial charge in [-0.2, -0.15) is 0 Å². The van der Waals surface area contributed by atoms with Gasteiger partial charge in [0.15, 0.2) is 11.6 Å². The summed E-state index contributed by atoms with van der Waals surface area (Å²) < 4.78 is 12.9. The summed E-state index contributed by atoms with van der Waals surface area (Å²) in [5, 5.41) is 0. The number of esters is 1. The number of likely N-dealkylation sites (tertiary alicyclic amines) is 1. The number of ether oxygens (including phenoxy) is 1. The lowest BCUT2D eigenvalue weighted by atomic mass is 9.96. The first kappa shape index (κ1) is 20.4. The summed E-state index contributed by atoms with van der Waals surface area (Å²) >= 11 is 0. The molecule has 0 saturated carbocycles. The first-order valence-electron chi connectivity index (χ1n) is 10.6. The number of hydrogen-bond acceptors (Lipinski definition) is 5. The minimum Gasteiger partial charge on any atom is -0.461 e. The van der Waals surface area contributed by atoms with E-state index in [2.05, 4.69) is 58.6 Å². The Bertz CT molecular complexity index is 998. The molecular weight excluding hydrogens is 378 g/mol. The molecule has 0 N–H and O–H groups in total. The summed E-state index contributed by atoms with van der Waals surface area (Å²) in [6, 6.07) is 12.8. The smallest absolute Gasteiger partial charge is 0.360 e. The molecule has 0 spiro atoms. The van der Waals surface area contributed by atoms with Crippen LogP contribution < -0.4 is 0 Å². The van der Waals surface area contributed by atoms with E-state index in [1.807, 2.05) is 6.07 Å². The molecule has 1 aromatic carbocycles. The van der Waals surface area contributed by atoms with E-state index in [0.717, 1.165) is 32.5 Å². The van der Waals surface area contributed by atoms with Gasteiger partial charge in [-0.25, -0.2) is 9.78 Å². The number of aryl methyl sites for hydroxylation is 1. The first-order valence-corrected chi connectivity index (χ1v) is 10.6. The van der Waals surface area contributed by atoms with Gasteiger partial charge in [-0.3, -0.25) is 4.90 Å². The van der Waals surface area contributed by atoms with E-state index < -0.39 is 5.97 Å². The third-order valence-electron chi connectivity index (χ3n) is 5.89. The molecule has 1 saturated heterocycles. The van der Waals surface area contributed by atoms with Crippen LogP contribution in [0, 0.1) is 13.8 Å². The van der Waals surface area contributed by atoms with Crippen molar-refractivity contribution in [1.29, 1.82) is 0 Å². The highest BCUT2D eigenvalue weighted by atomic mass is 16.5. The highest BCUT2D eigenvalue weighted by Gasteiger charge is 2.26. The third kappa shape index (κ3) is 4.19. The van der Waals surface area contributed by atoms with Crippen molar-refractivity contribution in [2.75, 3.05) is 19.7 Å². The van der Waals surface area contributed by atoms with Gasteiger partial charge in [0.25, 0.3) is 0 Å². The molecule has 6 nitrogen and oxygen atoms in total. The molecule has 4 rings (SSSR count). The van der Waals surface area contributed by atoms with E-state index in [1.165, 1.54) is 28.9 Å². The molecule has 1 aliphatic rings. The van der Waals surface area contributed by atoms with Gasteiger partial charge in [0.1, 0.15) is 6.26 Å². The summed E-state index contributed by atoms with van der Waals surface area (Å²) in [5.41, 5.74) is 5.40. The Kier molecular flexibility index (Phi) is 6.04. The molecule has 0 unspecified atom stereocenters. The normalized spacial score (nSPS) is 15.4. The SMILES string of the molecule is CCOC(=O)c1coc(C2CCN(Cc3cc(C)n(-c4ccccc4)c3C)CC2)n1. The van der Waals surface area contributed by atoms with Crippen LogP contribution in [0.2, 0.25) is 0 Å². The number of nitrogens with zero attached hydrogens (tertiary/aromatic N) is 3. The number of piperidine rings is 1.